The summed E-state index contributed by atoms with van der Waals surface area (Å²) in [6.07, 6.45) is 6.15. The third-order valence-corrected chi connectivity index (χ3v) is 4.42. The Hall–Kier alpha value is -0.260. The van der Waals surface area contributed by atoms with E-state index in [1.807, 2.05) is 0 Å². The van der Waals surface area contributed by atoms with Crippen molar-refractivity contribution in [2.75, 3.05) is 5.73 Å². The van der Waals surface area contributed by atoms with Crippen LogP contribution in [0.25, 0.3) is 0 Å². The van der Waals surface area contributed by atoms with E-state index < -0.39 is 0 Å². The zero-order chi connectivity index (χ0) is 10.2. The Morgan fingerprint density at radius 1 is 1.50 bits per heavy atom. The average Bonchev–Trinajstić information content (AvgIpc) is 2.77. The SMILES string of the molecule is CCC1(c2onc(N)c2I)CCCC1. The molecule has 1 heterocycles. The molecule has 1 saturated carbocycles. The van der Waals surface area contributed by atoms with E-state index >= 15 is 0 Å². The second kappa shape index (κ2) is 3.72. The van der Waals surface area contributed by atoms with Crippen LogP contribution in [-0.2, 0) is 5.41 Å². The van der Waals surface area contributed by atoms with Crippen molar-refractivity contribution >= 4 is 28.4 Å². The van der Waals surface area contributed by atoms with Crippen molar-refractivity contribution in [2.24, 2.45) is 0 Å². The first-order valence-corrected chi connectivity index (χ1v) is 6.18. The van der Waals surface area contributed by atoms with Gasteiger partial charge in [0.25, 0.3) is 0 Å². The Bertz CT molecular complexity index is 329. The molecule has 0 radical (unpaired) electrons. The number of nitrogens with zero attached hydrogens (tertiary/aromatic N) is 1. The molecule has 0 aromatic carbocycles. The van der Waals surface area contributed by atoms with Crippen LogP contribution in [0.3, 0.4) is 0 Å². The Kier molecular flexibility index (Phi) is 2.72. The molecule has 4 heteroatoms. The summed E-state index contributed by atoms with van der Waals surface area (Å²) >= 11 is 2.24. The molecule has 0 atom stereocenters. The maximum absolute atomic E-state index is 5.71. The van der Waals surface area contributed by atoms with E-state index in [-0.39, 0.29) is 5.41 Å². The van der Waals surface area contributed by atoms with Gasteiger partial charge in [-0.2, -0.15) is 0 Å². The molecule has 0 aliphatic heterocycles. The molecule has 1 aliphatic carbocycles. The summed E-state index contributed by atoms with van der Waals surface area (Å²) in [5.74, 6) is 1.57. The number of hydrogen-bond donors (Lipinski definition) is 1. The van der Waals surface area contributed by atoms with Crippen LogP contribution in [-0.4, -0.2) is 5.16 Å². The molecule has 0 unspecified atom stereocenters. The summed E-state index contributed by atoms with van der Waals surface area (Å²) in [6.45, 7) is 2.22. The average molecular weight is 306 g/mol. The molecule has 0 spiro atoms. The smallest absolute Gasteiger partial charge is 0.180 e. The first-order chi connectivity index (χ1) is 6.69. The zero-order valence-electron chi connectivity index (χ0n) is 8.35. The van der Waals surface area contributed by atoms with Crippen LogP contribution in [0.15, 0.2) is 4.52 Å². The molecule has 0 amide bonds. The van der Waals surface area contributed by atoms with Gasteiger partial charge in [0.15, 0.2) is 11.6 Å². The molecule has 1 fully saturated rings. The summed E-state index contributed by atoms with van der Waals surface area (Å²) < 4.78 is 6.41. The van der Waals surface area contributed by atoms with E-state index in [1.165, 1.54) is 25.7 Å². The quantitative estimate of drug-likeness (QED) is 0.854. The van der Waals surface area contributed by atoms with Gasteiger partial charge in [-0.3, -0.25) is 0 Å². The Balaban J connectivity index is 2.40. The topological polar surface area (TPSA) is 52.0 Å². The minimum absolute atomic E-state index is 0.223. The number of aromatic nitrogens is 1. The highest BCUT2D eigenvalue weighted by molar-refractivity contribution is 14.1. The molecule has 0 saturated heterocycles. The van der Waals surface area contributed by atoms with Crippen LogP contribution < -0.4 is 5.73 Å². The second-order valence-corrected chi connectivity index (χ2v) is 5.13. The fourth-order valence-corrected chi connectivity index (χ4v) is 3.18. The van der Waals surface area contributed by atoms with Crippen molar-refractivity contribution in [2.45, 2.75) is 44.4 Å². The van der Waals surface area contributed by atoms with Crippen molar-refractivity contribution in [3.05, 3.63) is 9.33 Å². The van der Waals surface area contributed by atoms with Crippen molar-refractivity contribution in [3.8, 4) is 0 Å². The number of nitrogens with two attached hydrogens (primary N) is 1. The summed E-state index contributed by atoms with van der Waals surface area (Å²) in [5.41, 5.74) is 5.93. The Labute approximate surface area is 97.5 Å². The largest absolute Gasteiger partial charge is 0.380 e. The molecule has 78 valence electrons. The molecule has 3 nitrogen and oxygen atoms in total. The summed E-state index contributed by atoms with van der Waals surface area (Å²) in [6, 6.07) is 0. The maximum atomic E-state index is 5.71. The van der Waals surface area contributed by atoms with Crippen molar-refractivity contribution in [1.29, 1.82) is 0 Å². The van der Waals surface area contributed by atoms with Crippen LogP contribution in [0.5, 0.6) is 0 Å². The van der Waals surface area contributed by atoms with Gasteiger partial charge >= 0.3 is 0 Å². The van der Waals surface area contributed by atoms with Gasteiger partial charge in [-0.1, -0.05) is 24.9 Å². The van der Waals surface area contributed by atoms with Crippen molar-refractivity contribution < 1.29 is 4.52 Å². The number of hydrogen-bond acceptors (Lipinski definition) is 3. The highest BCUT2D eigenvalue weighted by Crippen LogP contribution is 2.46. The normalized spacial score (nSPS) is 20.1. The molecular formula is C10H15IN2O. The standard InChI is InChI=1S/C10H15IN2O/c1-2-10(5-3-4-6-10)8-7(11)9(12)13-14-8/h2-6H2,1H3,(H2,12,13). The van der Waals surface area contributed by atoms with Crippen LogP contribution in [0.2, 0.25) is 0 Å². The highest BCUT2D eigenvalue weighted by Gasteiger charge is 2.39. The zero-order valence-corrected chi connectivity index (χ0v) is 10.5. The van der Waals surface area contributed by atoms with Gasteiger partial charge in [-0.05, 0) is 41.9 Å². The van der Waals surface area contributed by atoms with E-state index in [0.29, 0.717) is 5.82 Å². The molecule has 1 aromatic rings. The fraction of sp³-hybridized carbons (Fsp3) is 0.700. The van der Waals surface area contributed by atoms with Crippen molar-refractivity contribution in [1.82, 2.24) is 5.16 Å². The lowest BCUT2D eigenvalue weighted by Gasteiger charge is -2.24. The highest BCUT2D eigenvalue weighted by atomic mass is 127. The number of rotatable bonds is 2. The molecule has 1 aliphatic rings. The number of halogens is 1. The molecule has 2 rings (SSSR count). The minimum atomic E-state index is 0.223. The fourth-order valence-electron chi connectivity index (χ4n) is 2.41. The number of nitrogen functional groups attached to an aromatic ring is 1. The molecule has 0 bridgehead atoms. The van der Waals surface area contributed by atoms with Gasteiger partial charge < -0.3 is 10.3 Å². The lowest BCUT2D eigenvalue weighted by Crippen LogP contribution is -2.21. The van der Waals surface area contributed by atoms with Crippen LogP contribution in [0.4, 0.5) is 5.82 Å². The summed E-state index contributed by atoms with van der Waals surface area (Å²) in [5, 5.41) is 3.85. The second-order valence-electron chi connectivity index (χ2n) is 4.05. The molecule has 2 N–H and O–H groups in total. The Morgan fingerprint density at radius 2 is 2.14 bits per heavy atom. The van der Waals surface area contributed by atoms with Gasteiger partial charge in [-0.15, -0.1) is 0 Å². The van der Waals surface area contributed by atoms with E-state index in [0.717, 1.165) is 15.8 Å². The van der Waals surface area contributed by atoms with E-state index in [4.69, 9.17) is 10.3 Å². The van der Waals surface area contributed by atoms with Gasteiger partial charge in [0.1, 0.15) is 3.57 Å². The lowest BCUT2D eigenvalue weighted by atomic mass is 9.81. The molecule has 1 aromatic heterocycles. The first kappa shape index (κ1) is 10.3. The summed E-state index contributed by atoms with van der Waals surface area (Å²) in [7, 11) is 0. The predicted octanol–water partition coefficient (Wildman–Crippen LogP) is 3.08. The Morgan fingerprint density at radius 3 is 2.57 bits per heavy atom. The van der Waals surface area contributed by atoms with E-state index in [9.17, 15) is 0 Å². The molecular weight excluding hydrogens is 291 g/mol. The third kappa shape index (κ3) is 1.43. The van der Waals surface area contributed by atoms with Crippen molar-refractivity contribution in [3.63, 3.8) is 0 Å². The first-order valence-electron chi connectivity index (χ1n) is 5.11. The third-order valence-electron chi connectivity index (χ3n) is 3.38. The van der Waals surface area contributed by atoms with E-state index in [1.54, 1.807) is 0 Å². The van der Waals surface area contributed by atoms with Gasteiger partial charge in [0.2, 0.25) is 0 Å². The van der Waals surface area contributed by atoms with E-state index in [2.05, 4.69) is 34.7 Å². The van der Waals surface area contributed by atoms with Gasteiger partial charge in [0, 0.05) is 5.41 Å². The van der Waals surface area contributed by atoms with Gasteiger partial charge in [0.05, 0.1) is 0 Å². The number of anilines is 1. The predicted molar refractivity (Wildman–Crippen MR) is 64.1 cm³/mol. The van der Waals surface area contributed by atoms with Crippen LogP contribution in [0, 0.1) is 3.57 Å². The maximum Gasteiger partial charge on any atom is 0.180 e. The van der Waals surface area contributed by atoms with Crippen LogP contribution >= 0.6 is 22.6 Å². The van der Waals surface area contributed by atoms with Gasteiger partial charge in [-0.25, -0.2) is 0 Å². The minimum Gasteiger partial charge on any atom is -0.380 e. The monoisotopic (exact) mass is 306 g/mol. The lowest BCUT2D eigenvalue weighted by molar-refractivity contribution is 0.281. The molecule has 14 heavy (non-hydrogen) atoms. The summed E-state index contributed by atoms with van der Waals surface area (Å²) in [4.78, 5) is 0. The van der Waals surface area contributed by atoms with Crippen LogP contribution in [0.1, 0.15) is 44.8 Å².